The van der Waals surface area contributed by atoms with Crippen LogP contribution in [0, 0.1) is 5.82 Å². The second kappa shape index (κ2) is 9.30. The zero-order valence-corrected chi connectivity index (χ0v) is 18.6. The summed E-state index contributed by atoms with van der Waals surface area (Å²) in [7, 11) is 0. The summed E-state index contributed by atoms with van der Waals surface area (Å²) in [5.41, 5.74) is 6.10. The van der Waals surface area contributed by atoms with E-state index in [1.807, 2.05) is 0 Å². The molecule has 11 heteroatoms. The maximum atomic E-state index is 14.2. The number of Topliss-reactive ketones (excluding diaryl/α,β-unsaturated/α-hetero) is 1. The minimum atomic E-state index is -1.40. The number of urea groups is 1. The largest absolute Gasteiger partial charge is 0.508 e. The lowest BCUT2D eigenvalue weighted by Gasteiger charge is -2.23. The molecular weight excluding hydrogens is 470 g/mol. The number of carbonyl (C=O) groups excluding carboxylic acids is 3. The molecule has 4 rings (SSSR count). The van der Waals surface area contributed by atoms with Gasteiger partial charge in [0, 0.05) is 30.5 Å². The van der Waals surface area contributed by atoms with Crippen molar-refractivity contribution < 1.29 is 28.3 Å². The van der Waals surface area contributed by atoms with Crippen LogP contribution in [0.25, 0.3) is 10.9 Å². The molecule has 1 saturated heterocycles. The number of carbonyl (C=O) groups is 3. The van der Waals surface area contributed by atoms with Crippen LogP contribution in [0.2, 0.25) is 5.02 Å². The number of anilines is 1. The zero-order valence-electron chi connectivity index (χ0n) is 17.8. The monoisotopic (exact) mass is 490 g/mol. The van der Waals surface area contributed by atoms with Crippen molar-refractivity contribution in [3.05, 3.63) is 59.0 Å². The van der Waals surface area contributed by atoms with Gasteiger partial charge < -0.3 is 21.1 Å². The number of alkyl halides is 1. The predicted molar refractivity (Wildman–Crippen MR) is 122 cm³/mol. The molecule has 1 aliphatic rings. The van der Waals surface area contributed by atoms with E-state index in [-0.39, 0.29) is 53.3 Å². The van der Waals surface area contributed by atoms with Crippen molar-refractivity contribution in [3.8, 4) is 5.75 Å². The molecule has 0 aliphatic carbocycles. The fraction of sp³-hybridized carbons (Fsp3) is 0.261. The van der Waals surface area contributed by atoms with E-state index in [2.05, 4.69) is 5.32 Å². The highest BCUT2D eigenvalue weighted by Gasteiger charge is 2.39. The molecule has 2 heterocycles. The fourth-order valence-corrected chi connectivity index (χ4v) is 4.36. The van der Waals surface area contributed by atoms with E-state index >= 15 is 0 Å². The number of likely N-dealkylation sites (tertiary alicyclic amines) is 1. The summed E-state index contributed by atoms with van der Waals surface area (Å²) < 4.78 is 29.4. The highest BCUT2D eigenvalue weighted by Crippen LogP contribution is 2.30. The van der Waals surface area contributed by atoms with E-state index in [4.69, 9.17) is 17.3 Å². The van der Waals surface area contributed by atoms with Crippen molar-refractivity contribution in [2.75, 3.05) is 11.9 Å². The molecule has 178 valence electrons. The summed E-state index contributed by atoms with van der Waals surface area (Å²) in [4.78, 5) is 38.7. The average molecular weight is 491 g/mol. The number of fused-ring (bicyclic) bond motifs is 1. The molecular formula is C23H21ClF2N4O4. The second-order valence-electron chi connectivity index (χ2n) is 8.06. The van der Waals surface area contributed by atoms with Gasteiger partial charge in [-0.3, -0.25) is 9.36 Å². The van der Waals surface area contributed by atoms with E-state index in [1.54, 1.807) is 6.07 Å². The molecule has 4 N–H and O–H groups in total. The van der Waals surface area contributed by atoms with Gasteiger partial charge in [0.05, 0.1) is 28.8 Å². The summed E-state index contributed by atoms with van der Waals surface area (Å²) in [6.45, 7) is -0.289. The maximum absolute atomic E-state index is 14.2. The Kier molecular flexibility index (Phi) is 6.43. The number of hydrogen-bond acceptors (Lipinski definition) is 4. The van der Waals surface area contributed by atoms with Gasteiger partial charge in [0.25, 0.3) is 0 Å². The number of aromatic hydroxyl groups is 1. The summed E-state index contributed by atoms with van der Waals surface area (Å²) in [6.07, 6.45) is -0.318. The van der Waals surface area contributed by atoms with Crippen LogP contribution in [0.1, 0.15) is 18.4 Å². The molecule has 3 amide bonds. The van der Waals surface area contributed by atoms with Crippen LogP contribution in [0.5, 0.6) is 5.75 Å². The first-order chi connectivity index (χ1) is 16.2. The van der Waals surface area contributed by atoms with E-state index in [0.717, 1.165) is 9.47 Å². The van der Waals surface area contributed by atoms with Gasteiger partial charge in [0.2, 0.25) is 0 Å². The quantitative estimate of drug-likeness (QED) is 0.496. The molecule has 2 atom stereocenters. The number of amides is 3. The number of aromatic nitrogens is 1. The number of nitrogens with one attached hydrogen (secondary N) is 1. The molecule has 1 aromatic heterocycles. The fourth-order valence-electron chi connectivity index (χ4n) is 4.16. The van der Waals surface area contributed by atoms with Gasteiger partial charge in [-0.1, -0.05) is 23.7 Å². The third-order valence-electron chi connectivity index (χ3n) is 5.82. The number of nitrogens with zero attached hydrogens (tertiary/aromatic N) is 2. The lowest BCUT2D eigenvalue weighted by Crippen LogP contribution is -2.43. The molecule has 0 bridgehead atoms. The lowest BCUT2D eigenvalue weighted by molar-refractivity contribution is -0.122. The Morgan fingerprint density at radius 3 is 2.74 bits per heavy atom. The SMILES string of the molecule is NC(=O)n1cc(NC(=O)N2C[C@H](F)C[C@H]2C(=O)CCc2cccc(Cl)c2F)c2ccc(O)cc21. The Balaban J connectivity index is 1.51. The van der Waals surface area contributed by atoms with Gasteiger partial charge in [-0.05, 0) is 30.2 Å². The van der Waals surface area contributed by atoms with Crippen LogP contribution in [0.4, 0.5) is 24.1 Å². The van der Waals surface area contributed by atoms with E-state index in [9.17, 15) is 28.3 Å². The van der Waals surface area contributed by atoms with Crippen LogP contribution < -0.4 is 11.1 Å². The van der Waals surface area contributed by atoms with E-state index in [1.165, 1.54) is 36.5 Å². The van der Waals surface area contributed by atoms with Crippen LogP contribution in [-0.4, -0.2) is 51.2 Å². The number of nitrogens with two attached hydrogens (primary N) is 1. The minimum Gasteiger partial charge on any atom is -0.508 e. The molecule has 34 heavy (non-hydrogen) atoms. The molecule has 0 unspecified atom stereocenters. The summed E-state index contributed by atoms with van der Waals surface area (Å²) >= 11 is 5.77. The third-order valence-corrected chi connectivity index (χ3v) is 6.12. The Labute approximate surface area is 197 Å². The molecule has 8 nitrogen and oxygen atoms in total. The topological polar surface area (TPSA) is 118 Å². The Bertz CT molecular complexity index is 1300. The van der Waals surface area contributed by atoms with E-state index < -0.39 is 35.9 Å². The molecule has 0 spiro atoms. The Morgan fingerprint density at radius 1 is 1.24 bits per heavy atom. The van der Waals surface area contributed by atoms with Crippen LogP contribution in [0.3, 0.4) is 0 Å². The number of hydrogen-bond donors (Lipinski definition) is 3. The smallest absolute Gasteiger partial charge is 0.323 e. The lowest BCUT2D eigenvalue weighted by atomic mass is 10.0. The normalized spacial score (nSPS) is 17.8. The minimum absolute atomic E-state index is 0.0564. The molecule has 3 aromatic rings. The van der Waals surface area contributed by atoms with Crippen molar-refractivity contribution in [2.24, 2.45) is 5.73 Å². The zero-order chi connectivity index (χ0) is 24.6. The van der Waals surface area contributed by atoms with Crippen molar-refractivity contribution in [1.29, 1.82) is 0 Å². The maximum Gasteiger partial charge on any atom is 0.323 e. The summed E-state index contributed by atoms with van der Waals surface area (Å²) in [6, 6.07) is 6.07. The highest BCUT2D eigenvalue weighted by atomic mass is 35.5. The van der Waals surface area contributed by atoms with Gasteiger partial charge in [-0.25, -0.2) is 18.4 Å². The number of ketones is 1. The second-order valence-corrected chi connectivity index (χ2v) is 8.47. The van der Waals surface area contributed by atoms with Crippen LogP contribution in [-0.2, 0) is 11.2 Å². The van der Waals surface area contributed by atoms with Crippen LogP contribution >= 0.6 is 11.6 Å². The number of phenolic OH excluding ortho intramolecular Hbond substituents is 1. The van der Waals surface area contributed by atoms with Crippen molar-refractivity contribution in [1.82, 2.24) is 9.47 Å². The number of benzene rings is 2. The summed E-state index contributed by atoms with van der Waals surface area (Å²) in [5.74, 6) is -1.12. The van der Waals surface area contributed by atoms with Crippen molar-refractivity contribution in [3.63, 3.8) is 0 Å². The number of halogens is 3. The molecule has 1 aliphatic heterocycles. The first-order valence-electron chi connectivity index (χ1n) is 10.5. The standard InChI is InChI=1S/C23H21ClF2N4O4/c24-16-3-1-2-12(21(16)26)4-7-20(32)19-8-13(25)10-30(19)23(34)28-17-11-29(22(27)33)18-9-14(31)5-6-15(17)18/h1-3,5-6,9,11,13,19,31H,4,7-8,10H2,(H2,27,33)(H,28,34)/t13-,19+/m1/s1. The number of phenols is 1. The molecule has 2 aromatic carbocycles. The first-order valence-corrected chi connectivity index (χ1v) is 10.8. The molecule has 1 fully saturated rings. The first kappa shape index (κ1) is 23.5. The van der Waals surface area contributed by atoms with Gasteiger partial charge in [0.15, 0.2) is 5.78 Å². The molecule has 0 saturated carbocycles. The molecule has 0 radical (unpaired) electrons. The Morgan fingerprint density at radius 2 is 2.00 bits per heavy atom. The third kappa shape index (κ3) is 4.54. The van der Waals surface area contributed by atoms with Crippen molar-refractivity contribution in [2.45, 2.75) is 31.5 Å². The summed E-state index contributed by atoms with van der Waals surface area (Å²) in [5, 5.41) is 12.7. The number of aryl methyl sites for hydroxylation is 1. The number of primary amides is 1. The predicted octanol–water partition coefficient (Wildman–Crippen LogP) is 4.21. The number of rotatable bonds is 5. The van der Waals surface area contributed by atoms with Gasteiger partial charge in [-0.15, -0.1) is 0 Å². The van der Waals surface area contributed by atoms with Crippen molar-refractivity contribution >= 4 is 46.0 Å². The highest BCUT2D eigenvalue weighted by molar-refractivity contribution is 6.30. The van der Waals surface area contributed by atoms with Gasteiger partial charge in [-0.2, -0.15) is 0 Å². The van der Waals surface area contributed by atoms with E-state index in [0.29, 0.717) is 5.39 Å². The van der Waals surface area contributed by atoms with Gasteiger partial charge in [0.1, 0.15) is 17.7 Å². The van der Waals surface area contributed by atoms with Gasteiger partial charge >= 0.3 is 12.1 Å². The average Bonchev–Trinajstić information content (AvgIpc) is 3.35. The van der Waals surface area contributed by atoms with Crippen LogP contribution in [0.15, 0.2) is 42.6 Å². The Hall–Kier alpha value is -3.66.